The van der Waals surface area contributed by atoms with Gasteiger partial charge >= 0.3 is 19.4 Å². The van der Waals surface area contributed by atoms with E-state index in [2.05, 4.69) is 10.1 Å². The monoisotopic (exact) mass is 450 g/mol. The van der Waals surface area contributed by atoms with Crippen molar-refractivity contribution in [2.75, 3.05) is 12.3 Å². The van der Waals surface area contributed by atoms with Gasteiger partial charge in [0.25, 0.3) is 0 Å². The van der Waals surface area contributed by atoms with Gasteiger partial charge in [-0.05, 0) is 33.8 Å². The lowest BCUT2D eigenvalue weighted by Crippen LogP contribution is -2.47. The summed E-state index contributed by atoms with van der Waals surface area (Å²) in [6.45, 7) is 6.37. The summed E-state index contributed by atoms with van der Waals surface area (Å²) in [7, 11) is -3.89. The van der Waals surface area contributed by atoms with E-state index in [0.29, 0.717) is 0 Å². The van der Waals surface area contributed by atoms with Crippen LogP contribution < -0.4 is 16.5 Å². The molecule has 1 aromatic rings. The van der Waals surface area contributed by atoms with E-state index in [1.807, 2.05) is 0 Å². The summed E-state index contributed by atoms with van der Waals surface area (Å²) in [5.41, 5.74) is 4.88. The van der Waals surface area contributed by atoms with Crippen LogP contribution >= 0.6 is 19.3 Å². The third kappa shape index (κ3) is 4.50. The van der Waals surface area contributed by atoms with Crippen molar-refractivity contribution in [3.8, 4) is 0 Å². The molecule has 2 fully saturated rings. The van der Waals surface area contributed by atoms with Crippen LogP contribution in [0.3, 0.4) is 0 Å². The molecule has 3 N–H and O–H groups in total. The van der Waals surface area contributed by atoms with Crippen LogP contribution in [-0.4, -0.2) is 51.4 Å². The molecule has 29 heavy (non-hydrogen) atoms. The lowest BCUT2D eigenvalue weighted by atomic mass is 10.0. The van der Waals surface area contributed by atoms with E-state index in [4.69, 9.17) is 35.9 Å². The molecule has 6 atom stereocenters. The van der Waals surface area contributed by atoms with Crippen molar-refractivity contribution >= 4 is 31.1 Å². The molecule has 0 aromatic carbocycles. The fourth-order valence-corrected chi connectivity index (χ4v) is 5.33. The van der Waals surface area contributed by atoms with Gasteiger partial charge in [-0.3, -0.25) is 18.4 Å². The molecule has 0 radical (unpaired) electrons. The van der Waals surface area contributed by atoms with Crippen molar-refractivity contribution in [1.82, 2.24) is 14.6 Å². The van der Waals surface area contributed by atoms with E-state index in [-0.39, 0.29) is 18.5 Å². The number of nitrogens with one attached hydrogen (secondary N) is 1. The number of hydrogen-bond donors (Lipinski definition) is 2. The fraction of sp³-hybridized carbons (Fsp3) is 0.688. The third-order valence-corrected chi connectivity index (χ3v) is 6.60. The van der Waals surface area contributed by atoms with Gasteiger partial charge in [-0.1, -0.05) is 0 Å². The van der Waals surface area contributed by atoms with Gasteiger partial charge in [0.2, 0.25) is 0 Å². The van der Waals surface area contributed by atoms with E-state index in [1.165, 1.54) is 23.8 Å². The number of nitrogens with zero attached hydrogens (tertiary/aromatic N) is 2. The molecule has 2 aliphatic heterocycles. The van der Waals surface area contributed by atoms with Crippen LogP contribution in [0.15, 0.2) is 17.1 Å². The molecule has 2 saturated heterocycles. The molecule has 0 bridgehead atoms. The van der Waals surface area contributed by atoms with Gasteiger partial charge in [-0.15, -0.1) is 11.6 Å². The Kier molecular flexibility index (Phi) is 6.11. The Morgan fingerprint density at radius 1 is 1.52 bits per heavy atom. The molecule has 13 heteroatoms. The van der Waals surface area contributed by atoms with Crippen LogP contribution in [0.2, 0.25) is 0 Å². The van der Waals surface area contributed by atoms with Gasteiger partial charge in [0.05, 0.1) is 12.7 Å². The number of halogens is 1. The largest absolute Gasteiger partial charge is 0.462 e. The molecule has 11 nitrogen and oxygen atoms in total. The van der Waals surface area contributed by atoms with E-state index in [9.17, 15) is 14.2 Å². The summed E-state index contributed by atoms with van der Waals surface area (Å²) in [5.74, 6) is -0.535. The fourth-order valence-electron chi connectivity index (χ4n) is 3.16. The van der Waals surface area contributed by atoms with Crippen molar-refractivity contribution in [3.05, 3.63) is 22.7 Å². The minimum atomic E-state index is -3.89. The Labute approximate surface area is 172 Å². The first kappa shape index (κ1) is 22.2. The molecular formula is C16H24ClN4O7P. The van der Waals surface area contributed by atoms with E-state index < -0.39 is 48.8 Å². The number of anilines is 1. The van der Waals surface area contributed by atoms with Crippen molar-refractivity contribution < 1.29 is 27.9 Å². The molecular weight excluding hydrogens is 427 g/mol. The first-order valence-electron chi connectivity index (χ1n) is 9.03. The van der Waals surface area contributed by atoms with Crippen LogP contribution in [0, 0.1) is 0 Å². The number of aromatic nitrogens is 2. The Morgan fingerprint density at radius 3 is 2.83 bits per heavy atom. The van der Waals surface area contributed by atoms with Gasteiger partial charge in [0.1, 0.15) is 28.9 Å². The Balaban J connectivity index is 1.78. The molecule has 2 aliphatic rings. The summed E-state index contributed by atoms with van der Waals surface area (Å²) in [5, 5.41) is 2.55. The van der Waals surface area contributed by atoms with Crippen molar-refractivity contribution in [1.29, 1.82) is 0 Å². The van der Waals surface area contributed by atoms with Crippen molar-refractivity contribution in [2.24, 2.45) is 0 Å². The molecule has 0 spiro atoms. The van der Waals surface area contributed by atoms with Gasteiger partial charge in [0.15, 0.2) is 6.23 Å². The second-order valence-electron chi connectivity index (χ2n) is 7.38. The molecule has 3 rings (SSSR count). The van der Waals surface area contributed by atoms with Gasteiger partial charge in [0, 0.05) is 6.20 Å². The average Bonchev–Trinajstić information content (AvgIpc) is 2.85. The van der Waals surface area contributed by atoms with E-state index in [0.717, 1.165) is 0 Å². The minimum absolute atomic E-state index is 0.0634. The predicted octanol–water partition coefficient (Wildman–Crippen LogP) is 1.17. The van der Waals surface area contributed by atoms with Crippen LogP contribution in [0.4, 0.5) is 5.82 Å². The quantitative estimate of drug-likeness (QED) is 0.381. The summed E-state index contributed by atoms with van der Waals surface area (Å²) < 4.78 is 36.2. The number of ether oxygens (including phenoxy) is 2. The highest BCUT2D eigenvalue weighted by molar-refractivity contribution is 7.51. The molecule has 162 valence electrons. The number of carbonyl (C=O) groups is 1. The molecule has 0 saturated carbocycles. The maximum Gasteiger partial charge on any atom is 0.406 e. The molecule has 1 aromatic heterocycles. The number of nitrogens with two attached hydrogens (primary N) is 1. The summed E-state index contributed by atoms with van der Waals surface area (Å²) in [4.78, 5) is 26.6. The number of fused-ring (bicyclic) bond motifs is 1. The van der Waals surface area contributed by atoms with Crippen molar-refractivity contribution in [2.45, 2.75) is 63.2 Å². The maximum absolute atomic E-state index is 13.0. The predicted molar refractivity (Wildman–Crippen MR) is 103 cm³/mol. The summed E-state index contributed by atoms with van der Waals surface area (Å²) in [6, 6.07) is 0.495. The number of hydrogen-bond acceptors (Lipinski definition) is 9. The number of esters is 1. The third-order valence-electron chi connectivity index (χ3n) is 4.50. The minimum Gasteiger partial charge on any atom is -0.462 e. The van der Waals surface area contributed by atoms with E-state index >= 15 is 0 Å². The zero-order valence-electron chi connectivity index (χ0n) is 16.4. The number of rotatable bonds is 5. The smallest absolute Gasteiger partial charge is 0.406 e. The number of nitrogen functional groups attached to an aromatic ring is 1. The summed E-state index contributed by atoms with van der Waals surface area (Å²) >= 11 is 6.68. The Bertz CT molecular complexity index is 892. The molecule has 0 amide bonds. The number of carbonyl (C=O) groups excluding carboxylic acids is 1. The second-order valence-corrected chi connectivity index (χ2v) is 9.91. The van der Waals surface area contributed by atoms with Crippen LogP contribution in [-0.2, 0) is 27.9 Å². The first-order valence-corrected chi connectivity index (χ1v) is 11.0. The molecule has 3 heterocycles. The average molecular weight is 451 g/mol. The first-order chi connectivity index (χ1) is 13.4. The zero-order valence-corrected chi connectivity index (χ0v) is 18.1. The highest BCUT2D eigenvalue weighted by Gasteiger charge is 2.60. The highest BCUT2D eigenvalue weighted by Crippen LogP contribution is 2.57. The Morgan fingerprint density at radius 2 is 2.21 bits per heavy atom. The standard InChI is InChI=1S/C16H24ClN4O7P/c1-8(2)26-13(22)9(3)20-29(24)25-7-10-12(28-29)16(4,17)14(27-10)21-6-5-11(18)19-15(21)23/h5-6,8-10,12,14H,7H2,1-4H3,(H,20,24)(H2,18,19,23)/t9?,10-,12-,14-,16-,29?/m1/s1. The van der Waals surface area contributed by atoms with Gasteiger partial charge < -0.3 is 15.2 Å². The molecule has 2 unspecified atom stereocenters. The number of alkyl halides is 1. The maximum atomic E-state index is 13.0. The van der Waals surface area contributed by atoms with Crippen LogP contribution in [0.25, 0.3) is 0 Å². The van der Waals surface area contributed by atoms with Crippen LogP contribution in [0.1, 0.15) is 33.9 Å². The topological polar surface area (TPSA) is 144 Å². The normalized spacial score (nSPS) is 35.3. The summed E-state index contributed by atoms with van der Waals surface area (Å²) in [6.07, 6.45) is -1.45. The lowest BCUT2D eigenvalue weighted by Gasteiger charge is -2.36. The zero-order chi connectivity index (χ0) is 21.6. The van der Waals surface area contributed by atoms with Gasteiger partial charge in [-0.25, -0.2) is 14.4 Å². The SMILES string of the molecule is CC(C)OC(=O)C(C)NP1(=O)OC[C@H]2O[C@@H](n3ccc(N)nc3=O)[C@](C)(Cl)[C@@H]2O1. The van der Waals surface area contributed by atoms with Crippen LogP contribution in [0.5, 0.6) is 0 Å². The second kappa shape index (κ2) is 7.98. The van der Waals surface area contributed by atoms with Gasteiger partial charge in [-0.2, -0.15) is 4.98 Å². The highest BCUT2D eigenvalue weighted by atomic mass is 35.5. The lowest BCUT2D eigenvalue weighted by molar-refractivity contribution is -0.149. The Hall–Kier alpha value is -1.49. The van der Waals surface area contributed by atoms with E-state index in [1.54, 1.807) is 20.8 Å². The molecule has 0 aliphatic carbocycles. The van der Waals surface area contributed by atoms with Crippen molar-refractivity contribution in [3.63, 3.8) is 0 Å².